The van der Waals surface area contributed by atoms with Crippen LogP contribution < -0.4 is 19.6 Å². The van der Waals surface area contributed by atoms with E-state index < -0.39 is 0 Å². The molecule has 14 nitrogen and oxygen atoms in total. The van der Waals surface area contributed by atoms with Crippen LogP contribution in [0.4, 0.5) is 22.7 Å². The Morgan fingerprint density at radius 3 is 1.13 bits per heavy atom. The Morgan fingerprint density at radius 2 is 0.685 bits per heavy atom. The van der Waals surface area contributed by atoms with Gasteiger partial charge in [-0.15, -0.1) is 0 Å². The van der Waals surface area contributed by atoms with Crippen LogP contribution in [0.2, 0.25) is 0 Å². The number of fused-ring (bicyclic) bond motifs is 16. The number of para-hydroxylation sites is 4. The molecule has 4 bridgehead atoms. The number of aromatic nitrogens is 4. The highest BCUT2D eigenvalue weighted by Crippen LogP contribution is 2.59. The predicted molar refractivity (Wildman–Crippen MR) is 428 cm³/mol. The molecule has 6 aliphatic carbocycles. The normalized spacial score (nSPS) is 20.4. The third kappa shape index (κ3) is 12.6. The number of carbonyl (C=O) groups excluding carboxylic acids is 5. The van der Waals surface area contributed by atoms with Crippen molar-refractivity contribution in [2.75, 3.05) is 26.7 Å². The smallest absolute Gasteiger partial charge is 0.311 e. The van der Waals surface area contributed by atoms with Gasteiger partial charge in [0, 0.05) is 146 Å². The minimum Gasteiger partial charge on any atom is -0.469 e. The second-order valence-corrected chi connectivity index (χ2v) is 31.8. The molecular formula is C94H94N8O6. The summed E-state index contributed by atoms with van der Waals surface area (Å²) in [7, 11) is 9.81. The topological polar surface area (TPSA) is 127 Å². The largest absolute Gasteiger partial charge is 0.469 e. The Morgan fingerprint density at radius 1 is 0.333 bits per heavy atom. The summed E-state index contributed by atoms with van der Waals surface area (Å²) in [5.41, 5.74) is 19.8. The summed E-state index contributed by atoms with van der Waals surface area (Å²) in [5, 5.41) is 4.33. The number of anilines is 4. The van der Waals surface area contributed by atoms with Crippen LogP contribution in [0.5, 0.6) is 0 Å². The average molecular weight is 1430 g/mol. The molecule has 4 amide bonds. The van der Waals surface area contributed by atoms with Gasteiger partial charge < -0.3 is 42.6 Å². The van der Waals surface area contributed by atoms with Crippen molar-refractivity contribution >= 4 is 73.9 Å². The minimum absolute atomic E-state index is 0.0462. The number of hydrogen-bond acceptors (Lipinski definition) is 6. The molecule has 14 heteroatoms. The molecule has 4 aliphatic heterocycles. The van der Waals surface area contributed by atoms with E-state index in [0.29, 0.717) is 25.5 Å². The maximum atomic E-state index is 14.0. The van der Waals surface area contributed by atoms with Gasteiger partial charge in [-0.25, -0.2) is 0 Å². The van der Waals surface area contributed by atoms with E-state index >= 15 is 0 Å². The van der Waals surface area contributed by atoms with E-state index in [1.165, 1.54) is 93.7 Å². The van der Waals surface area contributed by atoms with Crippen molar-refractivity contribution in [2.24, 2.45) is 50.4 Å². The monoisotopic (exact) mass is 1430 g/mol. The van der Waals surface area contributed by atoms with Crippen molar-refractivity contribution in [3.05, 3.63) is 309 Å². The number of rotatable bonds is 5. The lowest BCUT2D eigenvalue weighted by Gasteiger charge is -2.51. The van der Waals surface area contributed by atoms with Crippen LogP contribution in [0.15, 0.2) is 231 Å². The Labute approximate surface area is 632 Å². The molecule has 0 radical (unpaired) electrons. The van der Waals surface area contributed by atoms with Gasteiger partial charge in [0.2, 0.25) is 11.8 Å². The first-order valence-corrected chi connectivity index (χ1v) is 38.7. The van der Waals surface area contributed by atoms with Crippen LogP contribution in [0.25, 0.3) is 21.5 Å². The molecule has 108 heavy (non-hydrogen) atoms. The molecule has 4 aromatic heterocycles. The number of aryl methyl sites for hydroxylation is 4. The summed E-state index contributed by atoms with van der Waals surface area (Å²) in [4.78, 5) is 75.3. The standard InChI is InChI=1S/C24H28N2O3.2C24H20N2O.C22H26N2O/c1-25-14-7-18-16-26(19-6-4-3-5-17(19)15-20(18)25)21(27)23-8-11-24(12-9-23,13-10-23)22(28)29-2;1-25-14-13-19-16-26(22-12-5-3-8-18(22)15-23(19)25)24(27)21-11-6-9-17-7-2-4-10-20(17)21;1-25-13-12-21-16-26(22-9-5-4-8-19(22)15-23(21)25)24(27)20-11-10-17-6-2-3-7-18(17)14-20;1-23-13-9-18-15-24(19-5-3-2-4-17(19)14-20(18)23)21(25)22-10-6-16(7-11-22)8-12-22/h3-7,14H,8-13,15-16H2,1-2H3;2*2-14H,15-16H2,1H3;2-5,9,13,16H,6-8,10-12,14-15H2,1H3. The average Bonchev–Trinajstić information content (AvgIpc) is 0.907. The maximum absolute atomic E-state index is 14.0. The number of carbonyl (C=O) groups is 5. The summed E-state index contributed by atoms with van der Waals surface area (Å²) in [6.07, 6.45) is 23.5. The molecule has 6 fully saturated rings. The fourth-order valence-electron chi connectivity index (χ4n) is 19.4. The molecule has 0 N–H and O–H groups in total. The molecular weight excluding hydrogens is 1340 g/mol. The van der Waals surface area contributed by atoms with E-state index in [-0.39, 0.29) is 39.9 Å². The molecule has 0 saturated heterocycles. The molecule has 0 atom stereocenters. The molecule has 12 aromatic rings. The Bertz CT molecular complexity index is 5450. The SMILES string of the molecule is COC(=O)C12CCC(C(=O)N3Cc4ccn(C)c4Cc4ccccc43)(CC1)CC2.Cn1ccc2c1Cc1ccccc1N(C(=O)C13CCC(CC1)CC3)C2.Cn1ccc2c1Cc1ccccc1N(C(=O)c1ccc3ccccc3c1)C2.Cn1ccc2c1Cc1ccccc1N(C(=O)c1cccc3ccccc13)C2. The van der Waals surface area contributed by atoms with Crippen molar-refractivity contribution in [2.45, 2.75) is 129 Å². The number of methoxy groups -OCH3 is 1. The van der Waals surface area contributed by atoms with Gasteiger partial charge in [0.15, 0.2) is 0 Å². The zero-order chi connectivity index (χ0) is 74.0. The first-order chi connectivity index (χ1) is 52.6. The summed E-state index contributed by atoms with van der Waals surface area (Å²) < 4.78 is 13.8. The molecule has 8 aromatic carbocycles. The van der Waals surface area contributed by atoms with E-state index in [2.05, 4.69) is 191 Å². The fourth-order valence-corrected chi connectivity index (χ4v) is 19.4. The fraction of sp³-hybridized carbons (Fsp3) is 0.309. The number of amides is 4. The van der Waals surface area contributed by atoms with E-state index in [9.17, 15) is 24.0 Å². The molecule has 0 unspecified atom stereocenters. The lowest BCUT2D eigenvalue weighted by Crippen LogP contribution is -2.53. The number of esters is 1. The highest BCUT2D eigenvalue weighted by atomic mass is 16.5. The van der Waals surface area contributed by atoms with Crippen LogP contribution in [-0.2, 0) is 99.2 Å². The van der Waals surface area contributed by atoms with Gasteiger partial charge in [0.1, 0.15) is 0 Å². The van der Waals surface area contributed by atoms with Crippen LogP contribution in [0.3, 0.4) is 0 Å². The zero-order valence-electron chi connectivity index (χ0n) is 62.7. The van der Waals surface area contributed by atoms with Gasteiger partial charge in [0.05, 0.1) is 38.7 Å². The molecule has 6 saturated carbocycles. The first kappa shape index (κ1) is 69.8. The lowest BCUT2D eigenvalue weighted by molar-refractivity contribution is -0.165. The lowest BCUT2D eigenvalue weighted by atomic mass is 9.53. The van der Waals surface area contributed by atoms with Crippen molar-refractivity contribution in [1.29, 1.82) is 0 Å². The van der Waals surface area contributed by atoms with Crippen LogP contribution >= 0.6 is 0 Å². The molecule has 0 spiro atoms. The third-order valence-electron chi connectivity index (χ3n) is 25.9. The van der Waals surface area contributed by atoms with Crippen molar-refractivity contribution in [3.63, 3.8) is 0 Å². The highest BCUT2D eigenvalue weighted by Gasteiger charge is 2.57. The predicted octanol–water partition coefficient (Wildman–Crippen LogP) is 18.3. The Kier molecular flexibility index (Phi) is 18.4. The third-order valence-corrected chi connectivity index (χ3v) is 25.9. The second kappa shape index (κ2) is 28.5. The molecule has 10 aliphatic rings. The van der Waals surface area contributed by atoms with Gasteiger partial charge in [-0.2, -0.15) is 0 Å². The second-order valence-electron chi connectivity index (χ2n) is 31.8. The van der Waals surface area contributed by atoms with Crippen LogP contribution in [0.1, 0.15) is 165 Å². The minimum atomic E-state index is -0.361. The maximum Gasteiger partial charge on any atom is 0.311 e. The zero-order valence-corrected chi connectivity index (χ0v) is 62.7. The number of ether oxygens (including phenoxy) is 1. The van der Waals surface area contributed by atoms with E-state index in [1.807, 2.05) is 106 Å². The van der Waals surface area contributed by atoms with Gasteiger partial charge in [-0.1, -0.05) is 140 Å². The Hall–Kier alpha value is -11.3. The van der Waals surface area contributed by atoms with Gasteiger partial charge in [-0.05, 0) is 216 Å². The summed E-state index contributed by atoms with van der Waals surface area (Å²) in [5.74, 6) is 1.51. The molecule has 546 valence electrons. The van der Waals surface area contributed by atoms with E-state index in [0.717, 1.165) is 151 Å². The van der Waals surface area contributed by atoms with Crippen molar-refractivity contribution < 1.29 is 28.7 Å². The van der Waals surface area contributed by atoms with Gasteiger partial charge in [-0.3, -0.25) is 24.0 Å². The van der Waals surface area contributed by atoms with Crippen molar-refractivity contribution in [3.8, 4) is 0 Å². The molecule has 22 rings (SSSR count). The summed E-state index contributed by atoms with van der Waals surface area (Å²) in [6.45, 7) is 2.53. The number of hydrogen-bond donors (Lipinski definition) is 0. The summed E-state index contributed by atoms with van der Waals surface area (Å²) in [6, 6.07) is 70.0. The van der Waals surface area contributed by atoms with Crippen LogP contribution in [0, 0.1) is 22.2 Å². The van der Waals surface area contributed by atoms with Gasteiger partial charge in [0.25, 0.3) is 11.8 Å². The first-order valence-electron chi connectivity index (χ1n) is 38.7. The Balaban J connectivity index is 0.000000106. The highest BCUT2D eigenvalue weighted by molar-refractivity contribution is 6.14. The van der Waals surface area contributed by atoms with Crippen LogP contribution in [-0.4, -0.2) is 55.0 Å². The number of benzene rings is 8. The number of nitrogens with zero attached hydrogens (tertiary/aromatic N) is 8. The van der Waals surface area contributed by atoms with Gasteiger partial charge >= 0.3 is 5.97 Å². The van der Waals surface area contributed by atoms with E-state index in [1.54, 1.807) is 0 Å². The quantitative estimate of drug-likeness (QED) is 0.158. The van der Waals surface area contributed by atoms with Crippen molar-refractivity contribution in [1.82, 2.24) is 18.3 Å². The van der Waals surface area contributed by atoms with E-state index in [4.69, 9.17) is 4.74 Å². The summed E-state index contributed by atoms with van der Waals surface area (Å²) >= 11 is 0. The molecule has 8 heterocycles.